The smallest absolute Gasteiger partial charge is 0.262 e. The van der Waals surface area contributed by atoms with Crippen LogP contribution in [0.4, 0.5) is 5.69 Å². The van der Waals surface area contributed by atoms with E-state index in [1.54, 1.807) is 25.1 Å². The Morgan fingerprint density at radius 3 is 3.00 bits per heavy atom. The average Bonchev–Trinajstić information content (AvgIpc) is 2.44. The lowest BCUT2D eigenvalue weighted by molar-refractivity contribution is -0.118. The lowest BCUT2D eigenvalue weighted by atomic mass is 10.0. The number of nitrogens with one attached hydrogen (secondary N) is 2. The molecule has 6 nitrogen and oxygen atoms in total. The summed E-state index contributed by atoms with van der Waals surface area (Å²) in [5.41, 5.74) is -0.0262. The third-order valence-electron chi connectivity index (χ3n) is 3.29. The van der Waals surface area contributed by atoms with Gasteiger partial charge in [0.1, 0.15) is 5.75 Å². The second kappa shape index (κ2) is 6.13. The minimum Gasteiger partial charge on any atom is -0.482 e. The summed E-state index contributed by atoms with van der Waals surface area (Å²) in [6, 6.07) is 4.84. The maximum atomic E-state index is 12.1. The van der Waals surface area contributed by atoms with Crippen LogP contribution in [0.15, 0.2) is 18.2 Å². The highest BCUT2D eigenvalue weighted by Crippen LogP contribution is 2.28. The molecule has 2 amide bonds. The Bertz CT molecular complexity index is 555. The topological polar surface area (TPSA) is 87.7 Å². The number of hydrogen-bond donors (Lipinski definition) is 3. The molecule has 0 bridgehead atoms. The Morgan fingerprint density at radius 2 is 2.29 bits per heavy atom. The van der Waals surface area contributed by atoms with Crippen LogP contribution in [-0.4, -0.2) is 35.7 Å². The van der Waals surface area contributed by atoms with Crippen molar-refractivity contribution in [1.29, 1.82) is 0 Å². The Labute approximate surface area is 123 Å². The van der Waals surface area contributed by atoms with Gasteiger partial charge in [-0.15, -0.1) is 0 Å². The van der Waals surface area contributed by atoms with E-state index < -0.39 is 5.60 Å². The van der Waals surface area contributed by atoms with Crippen LogP contribution in [0.5, 0.6) is 5.75 Å². The molecule has 114 valence electrons. The van der Waals surface area contributed by atoms with Crippen LogP contribution in [0.2, 0.25) is 0 Å². The zero-order valence-electron chi connectivity index (χ0n) is 12.2. The number of carbonyl (C=O) groups is 2. The van der Waals surface area contributed by atoms with Crippen LogP contribution >= 0.6 is 0 Å². The first kappa shape index (κ1) is 15.3. The Balaban J connectivity index is 2.03. The number of amides is 2. The lowest BCUT2D eigenvalue weighted by Crippen LogP contribution is -2.40. The van der Waals surface area contributed by atoms with Gasteiger partial charge in [-0.1, -0.05) is 13.3 Å². The average molecular weight is 292 g/mol. The summed E-state index contributed by atoms with van der Waals surface area (Å²) in [4.78, 5) is 23.4. The molecule has 0 saturated heterocycles. The van der Waals surface area contributed by atoms with Gasteiger partial charge in [0.2, 0.25) is 0 Å². The van der Waals surface area contributed by atoms with Gasteiger partial charge in [0.25, 0.3) is 11.8 Å². The summed E-state index contributed by atoms with van der Waals surface area (Å²) < 4.78 is 5.23. The van der Waals surface area contributed by atoms with Gasteiger partial charge in [0.05, 0.1) is 11.3 Å². The van der Waals surface area contributed by atoms with Crippen molar-refractivity contribution in [3.8, 4) is 5.75 Å². The first-order valence-corrected chi connectivity index (χ1v) is 6.98. The molecule has 0 aromatic heterocycles. The van der Waals surface area contributed by atoms with Crippen LogP contribution in [0.1, 0.15) is 37.0 Å². The maximum Gasteiger partial charge on any atom is 0.262 e. The second-order valence-corrected chi connectivity index (χ2v) is 5.48. The fraction of sp³-hybridized carbons (Fsp3) is 0.467. The largest absolute Gasteiger partial charge is 0.482 e. The molecule has 1 aliphatic heterocycles. The normalized spacial score (nSPS) is 16.2. The molecule has 0 saturated carbocycles. The third kappa shape index (κ3) is 3.95. The molecule has 1 aliphatic rings. The van der Waals surface area contributed by atoms with Crippen molar-refractivity contribution in [3.63, 3.8) is 0 Å². The summed E-state index contributed by atoms with van der Waals surface area (Å²) in [5, 5.41) is 15.4. The highest BCUT2D eigenvalue weighted by atomic mass is 16.5. The Morgan fingerprint density at radius 1 is 1.52 bits per heavy atom. The fourth-order valence-corrected chi connectivity index (χ4v) is 2.22. The molecule has 3 N–H and O–H groups in total. The number of anilines is 1. The van der Waals surface area contributed by atoms with E-state index in [4.69, 9.17) is 4.74 Å². The minimum absolute atomic E-state index is 0.0154. The van der Waals surface area contributed by atoms with Gasteiger partial charge in [-0.3, -0.25) is 9.59 Å². The van der Waals surface area contributed by atoms with E-state index in [1.165, 1.54) is 0 Å². The van der Waals surface area contributed by atoms with Crippen molar-refractivity contribution in [2.24, 2.45) is 0 Å². The lowest BCUT2D eigenvalue weighted by Gasteiger charge is -2.23. The summed E-state index contributed by atoms with van der Waals surface area (Å²) >= 11 is 0. The number of fused-ring (bicyclic) bond motifs is 1. The monoisotopic (exact) mass is 292 g/mol. The van der Waals surface area contributed by atoms with Crippen molar-refractivity contribution < 1.29 is 19.4 Å². The van der Waals surface area contributed by atoms with Crippen molar-refractivity contribution in [2.45, 2.75) is 32.3 Å². The quantitative estimate of drug-likeness (QED) is 0.763. The Kier molecular flexibility index (Phi) is 4.47. The number of hydrogen-bond acceptors (Lipinski definition) is 4. The SMILES string of the molecule is CCCC(C)(O)CNC(=O)c1ccc2c(c1)NC(=O)CO2. The van der Waals surface area contributed by atoms with Gasteiger partial charge in [-0.2, -0.15) is 0 Å². The second-order valence-electron chi connectivity index (χ2n) is 5.48. The van der Waals surface area contributed by atoms with Crippen LogP contribution in [0.25, 0.3) is 0 Å². The zero-order chi connectivity index (χ0) is 15.5. The molecule has 0 radical (unpaired) electrons. The van der Waals surface area contributed by atoms with Crippen molar-refractivity contribution in [2.75, 3.05) is 18.5 Å². The predicted octanol–water partition coefficient (Wildman–Crippen LogP) is 1.30. The molecular weight excluding hydrogens is 272 g/mol. The van der Waals surface area contributed by atoms with Gasteiger partial charge < -0.3 is 20.5 Å². The van der Waals surface area contributed by atoms with E-state index in [0.29, 0.717) is 23.4 Å². The highest BCUT2D eigenvalue weighted by Gasteiger charge is 2.21. The Hall–Kier alpha value is -2.08. The highest BCUT2D eigenvalue weighted by molar-refractivity contribution is 5.99. The van der Waals surface area contributed by atoms with Crippen molar-refractivity contribution in [3.05, 3.63) is 23.8 Å². The maximum absolute atomic E-state index is 12.1. The van der Waals surface area contributed by atoms with Crippen molar-refractivity contribution >= 4 is 17.5 Å². The molecule has 0 spiro atoms. The van der Waals surface area contributed by atoms with Gasteiger partial charge in [-0.25, -0.2) is 0 Å². The minimum atomic E-state index is -0.921. The molecule has 2 rings (SSSR count). The van der Waals surface area contributed by atoms with Gasteiger partial charge >= 0.3 is 0 Å². The van der Waals surface area contributed by atoms with E-state index >= 15 is 0 Å². The molecule has 1 heterocycles. The van der Waals surface area contributed by atoms with E-state index in [1.807, 2.05) is 6.92 Å². The molecule has 1 atom stereocenters. The van der Waals surface area contributed by atoms with Gasteiger partial charge in [-0.05, 0) is 31.5 Å². The number of rotatable bonds is 5. The molecule has 0 aliphatic carbocycles. The van der Waals surface area contributed by atoms with Crippen LogP contribution < -0.4 is 15.4 Å². The summed E-state index contributed by atoms with van der Waals surface area (Å²) in [5.74, 6) is 0.00377. The molecule has 0 fully saturated rings. The molecule has 21 heavy (non-hydrogen) atoms. The molecule has 6 heteroatoms. The summed E-state index contributed by atoms with van der Waals surface area (Å²) in [6.07, 6.45) is 1.45. The van der Waals surface area contributed by atoms with Gasteiger partial charge in [0.15, 0.2) is 6.61 Å². The summed E-state index contributed by atoms with van der Waals surface area (Å²) in [7, 11) is 0. The number of benzene rings is 1. The van der Waals surface area contributed by atoms with Crippen LogP contribution in [0.3, 0.4) is 0 Å². The molecule has 1 aromatic carbocycles. The molecule has 1 unspecified atom stereocenters. The fourth-order valence-electron chi connectivity index (χ4n) is 2.22. The van der Waals surface area contributed by atoms with E-state index in [9.17, 15) is 14.7 Å². The first-order chi connectivity index (χ1) is 9.91. The summed E-state index contributed by atoms with van der Waals surface area (Å²) in [6.45, 7) is 3.83. The number of ether oxygens (including phenoxy) is 1. The standard InChI is InChI=1S/C15H20N2O4/c1-3-6-15(2,20)9-16-14(19)10-4-5-12-11(7-10)17-13(18)8-21-12/h4-5,7,20H,3,6,8-9H2,1-2H3,(H,16,19)(H,17,18). The third-order valence-corrected chi connectivity index (χ3v) is 3.29. The zero-order valence-corrected chi connectivity index (χ0v) is 12.2. The molecule has 1 aromatic rings. The molecular formula is C15H20N2O4. The predicted molar refractivity (Wildman–Crippen MR) is 78.4 cm³/mol. The number of carbonyl (C=O) groups excluding carboxylic acids is 2. The van der Waals surface area contributed by atoms with E-state index in [2.05, 4.69) is 10.6 Å². The first-order valence-electron chi connectivity index (χ1n) is 6.98. The van der Waals surface area contributed by atoms with E-state index in [0.717, 1.165) is 6.42 Å². The van der Waals surface area contributed by atoms with Crippen molar-refractivity contribution in [1.82, 2.24) is 5.32 Å². The van der Waals surface area contributed by atoms with Crippen LogP contribution in [-0.2, 0) is 4.79 Å². The van der Waals surface area contributed by atoms with Gasteiger partial charge in [0, 0.05) is 12.1 Å². The number of aliphatic hydroxyl groups is 1. The van der Waals surface area contributed by atoms with E-state index in [-0.39, 0.29) is 25.0 Å². The van der Waals surface area contributed by atoms with Crippen LogP contribution in [0, 0.1) is 0 Å².